The average Bonchev–Trinajstić information content (AvgIpc) is 2.73. The molecule has 1 aliphatic heterocycles. The topological polar surface area (TPSA) is 66.5 Å². The van der Waals surface area contributed by atoms with Crippen LogP contribution in [0.3, 0.4) is 0 Å². The Labute approximate surface area is 126 Å². The lowest BCUT2D eigenvalue weighted by atomic mass is 9.81. The van der Waals surface area contributed by atoms with Crippen molar-refractivity contribution in [2.75, 3.05) is 0 Å². The molecule has 2 fully saturated rings. The molecule has 2 atom stereocenters. The molecule has 0 aromatic carbocycles. The van der Waals surface area contributed by atoms with Crippen LogP contribution in [-0.4, -0.2) is 22.7 Å². The zero-order valence-electron chi connectivity index (χ0n) is 12.9. The monoisotopic (exact) mass is 294 g/mol. The predicted octanol–water partition coefficient (Wildman–Crippen LogP) is 2.55. The molecule has 1 saturated heterocycles. The molecular formula is C16H26N2O3. The Kier molecular flexibility index (Phi) is 5.76. The van der Waals surface area contributed by atoms with Gasteiger partial charge >= 0.3 is 0 Å². The van der Waals surface area contributed by atoms with E-state index in [9.17, 15) is 14.4 Å². The number of carbonyl (C=O) groups is 3. The number of carbonyl (C=O) groups excluding carboxylic acids is 3. The Morgan fingerprint density at radius 1 is 1.05 bits per heavy atom. The van der Waals surface area contributed by atoms with Gasteiger partial charge in [0.25, 0.3) is 11.8 Å². The minimum Gasteiger partial charge on any atom is -0.273 e. The average molecular weight is 294 g/mol. The molecule has 5 heteroatoms. The molecule has 1 heterocycles. The summed E-state index contributed by atoms with van der Waals surface area (Å²) < 4.78 is 0. The Balaban J connectivity index is 1.78. The highest BCUT2D eigenvalue weighted by Gasteiger charge is 2.48. The van der Waals surface area contributed by atoms with Gasteiger partial charge in [-0.05, 0) is 19.3 Å². The molecule has 118 valence electrons. The van der Waals surface area contributed by atoms with E-state index < -0.39 is 0 Å². The van der Waals surface area contributed by atoms with Crippen molar-refractivity contribution in [1.82, 2.24) is 10.4 Å². The highest BCUT2D eigenvalue weighted by atomic mass is 16.2. The van der Waals surface area contributed by atoms with Crippen molar-refractivity contribution in [3.63, 3.8) is 0 Å². The highest BCUT2D eigenvalue weighted by Crippen LogP contribution is 2.37. The van der Waals surface area contributed by atoms with Crippen LogP contribution in [0.25, 0.3) is 0 Å². The Morgan fingerprint density at radius 2 is 1.62 bits per heavy atom. The first-order valence-corrected chi connectivity index (χ1v) is 8.32. The molecule has 2 unspecified atom stereocenters. The van der Waals surface area contributed by atoms with Crippen LogP contribution in [0.1, 0.15) is 71.1 Å². The van der Waals surface area contributed by atoms with Crippen LogP contribution in [0.2, 0.25) is 0 Å². The van der Waals surface area contributed by atoms with Crippen LogP contribution >= 0.6 is 0 Å². The zero-order chi connectivity index (χ0) is 15.2. The Hall–Kier alpha value is -1.39. The van der Waals surface area contributed by atoms with Crippen LogP contribution < -0.4 is 5.43 Å². The molecule has 21 heavy (non-hydrogen) atoms. The molecule has 0 bridgehead atoms. The number of nitrogens with zero attached hydrogens (tertiary/aromatic N) is 1. The summed E-state index contributed by atoms with van der Waals surface area (Å²) in [7, 11) is 0. The summed E-state index contributed by atoms with van der Waals surface area (Å²) in [6.07, 6.45) is 9.27. The van der Waals surface area contributed by atoms with Crippen LogP contribution in [-0.2, 0) is 14.4 Å². The lowest BCUT2D eigenvalue weighted by molar-refractivity contribution is -0.149. The predicted molar refractivity (Wildman–Crippen MR) is 78.8 cm³/mol. The van der Waals surface area contributed by atoms with E-state index in [0.29, 0.717) is 6.42 Å². The van der Waals surface area contributed by atoms with E-state index in [-0.39, 0.29) is 29.6 Å². The Morgan fingerprint density at radius 3 is 2.19 bits per heavy atom. The molecule has 1 aliphatic carbocycles. The van der Waals surface area contributed by atoms with Gasteiger partial charge in [0.05, 0.1) is 11.8 Å². The van der Waals surface area contributed by atoms with E-state index in [1.165, 1.54) is 12.8 Å². The summed E-state index contributed by atoms with van der Waals surface area (Å²) in [4.78, 5) is 36.3. The number of fused-ring (bicyclic) bond motifs is 1. The van der Waals surface area contributed by atoms with E-state index in [1.54, 1.807) is 0 Å². The number of hydrazine groups is 1. The van der Waals surface area contributed by atoms with Crippen molar-refractivity contribution >= 4 is 17.7 Å². The number of nitrogens with one attached hydrogen (secondary N) is 1. The smallest absolute Gasteiger partial charge is 0.252 e. The molecule has 2 rings (SSSR count). The number of imide groups is 1. The van der Waals surface area contributed by atoms with Crippen molar-refractivity contribution in [2.24, 2.45) is 11.8 Å². The van der Waals surface area contributed by atoms with Gasteiger partial charge in [0.15, 0.2) is 0 Å². The molecule has 2 aliphatic rings. The second-order valence-electron chi connectivity index (χ2n) is 6.21. The van der Waals surface area contributed by atoms with Crippen molar-refractivity contribution in [3.05, 3.63) is 0 Å². The van der Waals surface area contributed by atoms with Gasteiger partial charge in [-0.25, -0.2) is 0 Å². The standard InChI is InChI=1S/C16H26N2O3/c1-2-3-4-5-6-11-14(19)17-18-15(20)12-9-7-8-10-13(12)16(18)21/h12-13H,2-11H2,1H3,(H,17,19). The van der Waals surface area contributed by atoms with E-state index in [4.69, 9.17) is 0 Å². The van der Waals surface area contributed by atoms with Gasteiger partial charge in [-0.2, -0.15) is 5.01 Å². The van der Waals surface area contributed by atoms with E-state index in [0.717, 1.165) is 50.0 Å². The molecule has 5 nitrogen and oxygen atoms in total. The maximum Gasteiger partial charge on any atom is 0.252 e. The quantitative estimate of drug-likeness (QED) is 0.579. The highest BCUT2D eigenvalue weighted by molar-refractivity contribution is 6.06. The summed E-state index contributed by atoms with van der Waals surface area (Å²) in [6, 6.07) is 0. The fraction of sp³-hybridized carbons (Fsp3) is 0.812. The van der Waals surface area contributed by atoms with Gasteiger partial charge in [-0.1, -0.05) is 45.4 Å². The fourth-order valence-electron chi connectivity index (χ4n) is 3.34. The molecule has 1 saturated carbocycles. The van der Waals surface area contributed by atoms with Crippen LogP contribution in [0.4, 0.5) is 0 Å². The first-order chi connectivity index (χ1) is 10.1. The van der Waals surface area contributed by atoms with Gasteiger partial charge in [0, 0.05) is 6.42 Å². The maximum absolute atomic E-state index is 12.2. The van der Waals surface area contributed by atoms with Crippen LogP contribution in [0.15, 0.2) is 0 Å². The molecule has 0 radical (unpaired) electrons. The van der Waals surface area contributed by atoms with Crippen molar-refractivity contribution in [2.45, 2.75) is 71.1 Å². The number of hydrogen-bond acceptors (Lipinski definition) is 3. The van der Waals surface area contributed by atoms with Crippen molar-refractivity contribution < 1.29 is 14.4 Å². The summed E-state index contributed by atoms with van der Waals surface area (Å²) in [5, 5.41) is 0.995. The number of hydrogen-bond donors (Lipinski definition) is 1. The number of unbranched alkanes of at least 4 members (excludes halogenated alkanes) is 4. The van der Waals surface area contributed by atoms with E-state index in [2.05, 4.69) is 12.3 Å². The lowest BCUT2D eigenvalue weighted by Crippen LogP contribution is -2.46. The summed E-state index contributed by atoms with van der Waals surface area (Å²) in [5.74, 6) is -1.02. The third kappa shape index (κ3) is 3.83. The van der Waals surface area contributed by atoms with E-state index >= 15 is 0 Å². The summed E-state index contributed by atoms with van der Waals surface area (Å²) in [5.41, 5.74) is 2.52. The SMILES string of the molecule is CCCCCCCC(=O)NN1C(=O)C2CCCCC2C1=O. The van der Waals surface area contributed by atoms with Gasteiger partial charge in [0.1, 0.15) is 0 Å². The molecule has 1 N–H and O–H groups in total. The second kappa shape index (κ2) is 7.57. The van der Waals surface area contributed by atoms with Gasteiger partial charge < -0.3 is 0 Å². The fourth-order valence-corrected chi connectivity index (χ4v) is 3.34. The minimum absolute atomic E-state index is 0.198. The third-order valence-corrected chi connectivity index (χ3v) is 4.59. The molecule has 0 spiro atoms. The Bertz CT molecular complexity index is 384. The van der Waals surface area contributed by atoms with Gasteiger partial charge in [-0.3, -0.25) is 19.8 Å². The molecule has 0 aromatic rings. The lowest BCUT2D eigenvalue weighted by Gasteiger charge is -2.19. The van der Waals surface area contributed by atoms with E-state index in [1.807, 2.05) is 0 Å². The van der Waals surface area contributed by atoms with Crippen LogP contribution in [0, 0.1) is 11.8 Å². The molecule has 0 aromatic heterocycles. The van der Waals surface area contributed by atoms with Gasteiger partial charge in [-0.15, -0.1) is 0 Å². The summed E-state index contributed by atoms with van der Waals surface area (Å²) in [6.45, 7) is 2.15. The third-order valence-electron chi connectivity index (χ3n) is 4.59. The minimum atomic E-state index is -0.216. The molecule has 3 amide bonds. The largest absolute Gasteiger partial charge is 0.273 e. The maximum atomic E-state index is 12.2. The zero-order valence-corrected chi connectivity index (χ0v) is 12.9. The first kappa shape index (κ1) is 16.0. The molecular weight excluding hydrogens is 268 g/mol. The van der Waals surface area contributed by atoms with Gasteiger partial charge in [0.2, 0.25) is 5.91 Å². The van der Waals surface area contributed by atoms with Crippen molar-refractivity contribution in [3.8, 4) is 0 Å². The van der Waals surface area contributed by atoms with Crippen molar-refractivity contribution in [1.29, 1.82) is 0 Å². The number of rotatable bonds is 7. The second-order valence-corrected chi connectivity index (χ2v) is 6.21. The number of amides is 3. The summed E-state index contributed by atoms with van der Waals surface area (Å²) >= 11 is 0. The first-order valence-electron chi connectivity index (χ1n) is 8.32. The van der Waals surface area contributed by atoms with Crippen LogP contribution in [0.5, 0.6) is 0 Å². The normalized spacial score (nSPS) is 25.1.